The number of hydrogen-bond donors (Lipinski definition) is 1. The Kier molecular flexibility index (Phi) is 7.96. The molecular formula is C11H22ClNO. The molecule has 0 saturated carbocycles. The molecule has 0 saturated heterocycles. The van der Waals surface area contributed by atoms with Crippen LogP contribution in [0.5, 0.6) is 0 Å². The minimum atomic E-state index is 0.168. The molecule has 1 unspecified atom stereocenters. The van der Waals surface area contributed by atoms with Crippen LogP contribution in [0.4, 0.5) is 0 Å². The molecule has 0 aromatic heterocycles. The van der Waals surface area contributed by atoms with E-state index >= 15 is 0 Å². The molecule has 0 aliphatic heterocycles. The summed E-state index contributed by atoms with van der Waals surface area (Å²) in [5.41, 5.74) is 0. The second-order valence-electron chi connectivity index (χ2n) is 4.21. The topological polar surface area (TPSA) is 29.1 Å². The summed E-state index contributed by atoms with van der Waals surface area (Å²) in [7, 11) is 0. The highest BCUT2D eigenvalue weighted by Gasteiger charge is 2.02. The fourth-order valence-electron chi connectivity index (χ4n) is 1.12. The standard InChI is InChI=1S/C11H22ClNO/c1-9(2)6-7-11(14)13-8-4-5-10(3)12/h9-10H,4-8H2,1-3H3,(H,13,14). The van der Waals surface area contributed by atoms with Gasteiger partial charge in [0.05, 0.1) is 0 Å². The zero-order valence-corrected chi connectivity index (χ0v) is 10.2. The van der Waals surface area contributed by atoms with Gasteiger partial charge in [-0.3, -0.25) is 4.79 Å². The van der Waals surface area contributed by atoms with Crippen molar-refractivity contribution in [2.75, 3.05) is 6.54 Å². The van der Waals surface area contributed by atoms with E-state index in [2.05, 4.69) is 19.2 Å². The molecule has 0 heterocycles. The highest BCUT2D eigenvalue weighted by Crippen LogP contribution is 2.04. The summed E-state index contributed by atoms with van der Waals surface area (Å²) in [4.78, 5) is 11.2. The van der Waals surface area contributed by atoms with E-state index in [9.17, 15) is 4.79 Å². The summed E-state index contributed by atoms with van der Waals surface area (Å²) in [6.45, 7) is 6.99. The third-order valence-electron chi connectivity index (χ3n) is 2.05. The maximum absolute atomic E-state index is 11.2. The van der Waals surface area contributed by atoms with Crippen LogP contribution in [0.1, 0.15) is 46.5 Å². The molecule has 0 fully saturated rings. The number of hydrogen-bond acceptors (Lipinski definition) is 1. The van der Waals surface area contributed by atoms with Gasteiger partial charge in [-0.2, -0.15) is 0 Å². The van der Waals surface area contributed by atoms with Crippen molar-refractivity contribution < 1.29 is 4.79 Å². The lowest BCUT2D eigenvalue weighted by molar-refractivity contribution is -0.121. The van der Waals surface area contributed by atoms with Crippen LogP contribution >= 0.6 is 11.6 Å². The van der Waals surface area contributed by atoms with Gasteiger partial charge in [-0.05, 0) is 32.1 Å². The average Bonchev–Trinajstić information content (AvgIpc) is 2.08. The Morgan fingerprint density at radius 3 is 2.43 bits per heavy atom. The Labute approximate surface area is 92.4 Å². The number of alkyl halides is 1. The number of rotatable bonds is 7. The van der Waals surface area contributed by atoms with Crippen molar-refractivity contribution >= 4 is 17.5 Å². The molecule has 0 aliphatic rings. The summed E-state index contributed by atoms with van der Waals surface area (Å²) in [5.74, 6) is 0.768. The van der Waals surface area contributed by atoms with E-state index in [0.29, 0.717) is 12.3 Å². The first-order chi connectivity index (χ1) is 6.52. The van der Waals surface area contributed by atoms with E-state index in [4.69, 9.17) is 11.6 Å². The molecule has 0 aromatic carbocycles. The van der Waals surface area contributed by atoms with Crippen LogP contribution in [0.3, 0.4) is 0 Å². The summed E-state index contributed by atoms with van der Waals surface area (Å²) in [5, 5.41) is 3.11. The predicted molar refractivity (Wildman–Crippen MR) is 61.6 cm³/mol. The normalized spacial score (nSPS) is 12.9. The summed E-state index contributed by atoms with van der Waals surface area (Å²) in [6, 6.07) is 0. The van der Waals surface area contributed by atoms with Gasteiger partial charge in [0.1, 0.15) is 0 Å². The van der Waals surface area contributed by atoms with Crippen molar-refractivity contribution in [1.29, 1.82) is 0 Å². The lowest BCUT2D eigenvalue weighted by Crippen LogP contribution is -2.24. The molecule has 14 heavy (non-hydrogen) atoms. The quantitative estimate of drug-likeness (QED) is 0.518. The van der Waals surface area contributed by atoms with Gasteiger partial charge in [-0.15, -0.1) is 11.6 Å². The average molecular weight is 220 g/mol. The first-order valence-corrected chi connectivity index (χ1v) is 5.86. The molecule has 0 spiro atoms. The lowest BCUT2D eigenvalue weighted by Gasteiger charge is -2.07. The Morgan fingerprint density at radius 2 is 1.93 bits per heavy atom. The van der Waals surface area contributed by atoms with Crippen LogP contribution in [-0.2, 0) is 4.79 Å². The zero-order valence-electron chi connectivity index (χ0n) is 9.48. The first-order valence-electron chi connectivity index (χ1n) is 5.43. The van der Waals surface area contributed by atoms with Gasteiger partial charge in [0.15, 0.2) is 0 Å². The van der Waals surface area contributed by atoms with Crippen molar-refractivity contribution in [3.63, 3.8) is 0 Å². The smallest absolute Gasteiger partial charge is 0.220 e. The largest absolute Gasteiger partial charge is 0.356 e. The highest BCUT2D eigenvalue weighted by atomic mass is 35.5. The van der Waals surface area contributed by atoms with Crippen LogP contribution in [0.15, 0.2) is 0 Å². The number of halogens is 1. The van der Waals surface area contributed by atoms with E-state index in [1.54, 1.807) is 0 Å². The predicted octanol–water partition coefficient (Wildman–Crippen LogP) is 2.95. The van der Waals surface area contributed by atoms with Crippen molar-refractivity contribution in [3.05, 3.63) is 0 Å². The summed E-state index contributed by atoms with van der Waals surface area (Å²) >= 11 is 5.78. The van der Waals surface area contributed by atoms with Crippen LogP contribution < -0.4 is 5.32 Å². The monoisotopic (exact) mass is 219 g/mol. The van der Waals surface area contributed by atoms with E-state index in [1.165, 1.54) is 0 Å². The number of carbonyl (C=O) groups excluding carboxylic acids is 1. The second kappa shape index (κ2) is 8.10. The van der Waals surface area contributed by atoms with E-state index < -0.39 is 0 Å². The van der Waals surface area contributed by atoms with Gasteiger partial charge in [-0.25, -0.2) is 0 Å². The van der Waals surface area contributed by atoms with E-state index in [0.717, 1.165) is 25.8 Å². The number of nitrogens with one attached hydrogen (secondary N) is 1. The molecule has 84 valence electrons. The molecule has 1 amide bonds. The van der Waals surface area contributed by atoms with Gasteiger partial charge in [-0.1, -0.05) is 13.8 Å². The SMILES string of the molecule is CC(C)CCC(=O)NCCCC(C)Cl. The maximum atomic E-state index is 11.2. The van der Waals surface area contributed by atoms with Gasteiger partial charge in [0, 0.05) is 18.3 Å². The Morgan fingerprint density at radius 1 is 1.29 bits per heavy atom. The van der Waals surface area contributed by atoms with Gasteiger partial charge in [0.25, 0.3) is 0 Å². The molecule has 0 aromatic rings. The van der Waals surface area contributed by atoms with Gasteiger partial charge in [0.2, 0.25) is 5.91 Å². The van der Waals surface area contributed by atoms with Crippen molar-refractivity contribution in [2.24, 2.45) is 5.92 Å². The summed E-state index contributed by atoms with van der Waals surface area (Å²) in [6.07, 6.45) is 3.55. The van der Waals surface area contributed by atoms with Crippen LogP contribution in [0.25, 0.3) is 0 Å². The number of amides is 1. The Bertz CT molecular complexity index is 157. The fourth-order valence-corrected chi connectivity index (χ4v) is 1.27. The molecule has 1 atom stereocenters. The van der Waals surface area contributed by atoms with Crippen LogP contribution in [0, 0.1) is 5.92 Å². The number of carbonyl (C=O) groups is 1. The molecule has 0 rings (SSSR count). The van der Waals surface area contributed by atoms with Crippen molar-refractivity contribution in [3.8, 4) is 0 Å². The lowest BCUT2D eigenvalue weighted by atomic mass is 10.1. The Balaban J connectivity index is 3.27. The van der Waals surface area contributed by atoms with Crippen LogP contribution in [-0.4, -0.2) is 17.8 Å². The minimum absolute atomic E-state index is 0.168. The molecule has 2 nitrogen and oxygen atoms in total. The molecule has 3 heteroatoms. The molecule has 1 N–H and O–H groups in total. The Hall–Kier alpha value is -0.240. The molecule has 0 bridgehead atoms. The van der Waals surface area contributed by atoms with E-state index in [-0.39, 0.29) is 11.3 Å². The van der Waals surface area contributed by atoms with Crippen LogP contribution in [0.2, 0.25) is 0 Å². The first kappa shape index (κ1) is 13.8. The third kappa shape index (κ3) is 9.85. The molecular weight excluding hydrogens is 198 g/mol. The summed E-state index contributed by atoms with van der Waals surface area (Å²) < 4.78 is 0. The van der Waals surface area contributed by atoms with Crippen molar-refractivity contribution in [2.45, 2.75) is 51.8 Å². The second-order valence-corrected chi connectivity index (χ2v) is 4.95. The highest BCUT2D eigenvalue weighted by molar-refractivity contribution is 6.20. The van der Waals surface area contributed by atoms with E-state index in [1.807, 2.05) is 6.92 Å². The van der Waals surface area contributed by atoms with Crippen molar-refractivity contribution in [1.82, 2.24) is 5.32 Å². The maximum Gasteiger partial charge on any atom is 0.220 e. The molecule has 0 radical (unpaired) electrons. The minimum Gasteiger partial charge on any atom is -0.356 e. The third-order valence-corrected chi connectivity index (χ3v) is 2.27. The zero-order chi connectivity index (χ0) is 11.0. The van der Waals surface area contributed by atoms with Gasteiger partial charge >= 0.3 is 0 Å². The van der Waals surface area contributed by atoms with Gasteiger partial charge < -0.3 is 5.32 Å². The molecule has 0 aliphatic carbocycles. The fraction of sp³-hybridized carbons (Fsp3) is 0.909.